The largest absolute Gasteiger partial charge is 0.398 e. The lowest BCUT2D eigenvalue weighted by Crippen LogP contribution is -2.03. The first-order valence-corrected chi connectivity index (χ1v) is 7.29. The van der Waals surface area contributed by atoms with E-state index >= 15 is 0 Å². The maximum atomic E-state index is 5.97. The summed E-state index contributed by atoms with van der Waals surface area (Å²) in [4.78, 5) is 0. The van der Waals surface area contributed by atoms with Crippen LogP contribution in [0.3, 0.4) is 0 Å². The van der Waals surface area contributed by atoms with Gasteiger partial charge in [-0.05, 0) is 29.1 Å². The van der Waals surface area contributed by atoms with Gasteiger partial charge in [-0.15, -0.1) is 0 Å². The highest BCUT2D eigenvalue weighted by Crippen LogP contribution is 2.30. The van der Waals surface area contributed by atoms with Gasteiger partial charge >= 0.3 is 0 Å². The van der Waals surface area contributed by atoms with Gasteiger partial charge in [0.05, 0.1) is 0 Å². The van der Waals surface area contributed by atoms with Crippen molar-refractivity contribution >= 4 is 38.1 Å². The molecule has 0 bridgehead atoms. The van der Waals surface area contributed by atoms with Crippen molar-refractivity contribution in [2.75, 3.05) is 11.1 Å². The monoisotopic (exact) mass is 326 g/mol. The first kappa shape index (κ1) is 13.0. The Balaban J connectivity index is 1.92. The van der Waals surface area contributed by atoms with Crippen molar-refractivity contribution in [2.45, 2.75) is 6.54 Å². The molecule has 0 unspecified atom stereocenters. The van der Waals surface area contributed by atoms with Crippen LogP contribution in [0.25, 0.3) is 10.8 Å². The summed E-state index contributed by atoms with van der Waals surface area (Å²) in [6.07, 6.45) is 0. The summed E-state index contributed by atoms with van der Waals surface area (Å²) in [5, 5.41) is 5.88. The van der Waals surface area contributed by atoms with Gasteiger partial charge in [-0.3, -0.25) is 0 Å². The predicted octanol–water partition coefficient (Wildman–Crippen LogP) is 4.80. The third-order valence-corrected chi connectivity index (χ3v) is 4.09. The molecule has 0 saturated carbocycles. The van der Waals surface area contributed by atoms with Gasteiger partial charge in [0, 0.05) is 27.8 Å². The lowest BCUT2D eigenvalue weighted by Gasteiger charge is -2.12. The van der Waals surface area contributed by atoms with E-state index in [0.29, 0.717) is 0 Å². The standard InChI is InChI=1S/C17H15BrN2/c18-15-9-10-17(14-7-3-2-6-13(14)15)20-11-12-5-1-4-8-16(12)19/h1-10,20H,11,19H2. The van der Waals surface area contributed by atoms with E-state index in [4.69, 9.17) is 5.73 Å². The molecule has 100 valence electrons. The van der Waals surface area contributed by atoms with E-state index in [1.165, 1.54) is 10.8 Å². The molecule has 0 amide bonds. The molecule has 0 fully saturated rings. The van der Waals surface area contributed by atoms with Crippen LogP contribution in [0.5, 0.6) is 0 Å². The van der Waals surface area contributed by atoms with Crippen molar-refractivity contribution < 1.29 is 0 Å². The number of hydrogen-bond acceptors (Lipinski definition) is 2. The van der Waals surface area contributed by atoms with Gasteiger partial charge in [0.15, 0.2) is 0 Å². The zero-order valence-corrected chi connectivity index (χ0v) is 12.5. The van der Waals surface area contributed by atoms with E-state index in [-0.39, 0.29) is 0 Å². The minimum Gasteiger partial charge on any atom is -0.398 e. The van der Waals surface area contributed by atoms with Gasteiger partial charge in [0.2, 0.25) is 0 Å². The molecule has 2 nitrogen and oxygen atoms in total. The average molecular weight is 327 g/mol. The number of nitrogens with one attached hydrogen (secondary N) is 1. The fourth-order valence-electron chi connectivity index (χ4n) is 2.30. The van der Waals surface area contributed by atoms with Crippen LogP contribution in [0.1, 0.15) is 5.56 Å². The first-order valence-electron chi connectivity index (χ1n) is 6.50. The molecule has 0 aliphatic carbocycles. The van der Waals surface area contributed by atoms with Crippen molar-refractivity contribution in [1.82, 2.24) is 0 Å². The number of rotatable bonds is 3. The Morgan fingerprint density at radius 1 is 0.850 bits per heavy atom. The Morgan fingerprint density at radius 3 is 2.35 bits per heavy atom. The molecular weight excluding hydrogens is 312 g/mol. The van der Waals surface area contributed by atoms with E-state index in [2.05, 4.69) is 51.6 Å². The van der Waals surface area contributed by atoms with Gasteiger partial charge in [0.25, 0.3) is 0 Å². The molecular formula is C17H15BrN2. The number of para-hydroxylation sites is 1. The van der Waals surface area contributed by atoms with Gasteiger partial charge in [0.1, 0.15) is 0 Å². The molecule has 0 aliphatic heterocycles. The highest BCUT2D eigenvalue weighted by atomic mass is 79.9. The SMILES string of the molecule is Nc1ccccc1CNc1ccc(Br)c2ccccc12. The maximum Gasteiger partial charge on any atom is 0.0423 e. The van der Waals surface area contributed by atoms with E-state index in [1.807, 2.05) is 30.3 Å². The van der Waals surface area contributed by atoms with Gasteiger partial charge in [-0.2, -0.15) is 0 Å². The number of anilines is 2. The predicted molar refractivity (Wildman–Crippen MR) is 89.8 cm³/mol. The van der Waals surface area contributed by atoms with Crippen molar-refractivity contribution in [3.8, 4) is 0 Å². The second-order valence-electron chi connectivity index (χ2n) is 4.69. The quantitative estimate of drug-likeness (QED) is 0.678. The van der Waals surface area contributed by atoms with Gasteiger partial charge in [-0.1, -0.05) is 58.4 Å². The molecule has 3 N–H and O–H groups in total. The topological polar surface area (TPSA) is 38.0 Å². The lowest BCUT2D eigenvalue weighted by atomic mass is 10.1. The second-order valence-corrected chi connectivity index (χ2v) is 5.55. The third kappa shape index (κ3) is 2.49. The van der Waals surface area contributed by atoms with Crippen LogP contribution >= 0.6 is 15.9 Å². The molecule has 3 heteroatoms. The Kier molecular flexibility index (Phi) is 3.61. The molecule has 3 rings (SSSR count). The van der Waals surface area contributed by atoms with Crippen LogP contribution in [0.15, 0.2) is 65.1 Å². The second kappa shape index (κ2) is 5.55. The van der Waals surface area contributed by atoms with Crippen LogP contribution in [-0.2, 0) is 6.54 Å². The van der Waals surface area contributed by atoms with E-state index in [9.17, 15) is 0 Å². The van der Waals surface area contributed by atoms with Gasteiger partial charge < -0.3 is 11.1 Å². The molecule has 20 heavy (non-hydrogen) atoms. The summed E-state index contributed by atoms with van der Waals surface area (Å²) in [7, 11) is 0. The van der Waals surface area contributed by atoms with Crippen molar-refractivity contribution in [2.24, 2.45) is 0 Å². The lowest BCUT2D eigenvalue weighted by molar-refractivity contribution is 1.16. The molecule has 0 radical (unpaired) electrons. The molecule has 3 aromatic rings. The Bertz CT molecular complexity index is 753. The molecule has 0 saturated heterocycles. The van der Waals surface area contributed by atoms with E-state index in [1.54, 1.807) is 0 Å². The minimum atomic E-state index is 0.721. The fraction of sp³-hybridized carbons (Fsp3) is 0.0588. The van der Waals surface area contributed by atoms with Crippen LogP contribution in [0, 0.1) is 0 Å². The number of hydrogen-bond donors (Lipinski definition) is 2. The average Bonchev–Trinajstić information content (AvgIpc) is 2.48. The summed E-state index contributed by atoms with van der Waals surface area (Å²) in [6.45, 7) is 0.721. The summed E-state index contributed by atoms with van der Waals surface area (Å²) in [5.41, 5.74) is 9.02. The van der Waals surface area contributed by atoms with E-state index in [0.717, 1.165) is 28.0 Å². The number of nitrogens with two attached hydrogens (primary N) is 1. The smallest absolute Gasteiger partial charge is 0.0423 e. The maximum absolute atomic E-state index is 5.97. The number of halogens is 1. The Morgan fingerprint density at radius 2 is 1.55 bits per heavy atom. The zero-order valence-electron chi connectivity index (χ0n) is 10.9. The van der Waals surface area contributed by atoms with Crippen LogP contribution < -0.4 is 11.1 Å². The number of benzene rings is 3. The van der Waals surface area contributed by atoms with Gasteiger partial charge in [-0.25, -0.2) is 0 Å². The highest BCUT2D eigenvalue weighted by molar-refractivity contribution is 9.10. The van der Waals surface area contributed by atoms with E-state index < -0.39 is 0 Å². The fourth-order valence-corrected chi connectivity index (χ4v) is 2.78. The summed E-state index contributed by atoms with van der Waals surface area (Å²) < 4.78 is 1.11. The Labute approximate surface area is 126 Å². The van der Waals surface area contributed by atoms with Crippen molar-refractivity contribution in [3.05, 3.63) is 70.7 Å². The Hall–Kier alpha value is -2.00. The van der Waals surface area contributed by atoms with Crippen molar-refractivity contribution in [1.29, 1.82) is 0 Å². The first-order chi connectivity index (χ1) is 9.75. The normalized spacial score (nSPS) is 10.7. The number of nitrogen functional groups attached to an aromatic ring is 1. The van der Waals surface area contributed by atoms with Crippen LogP contribution in [-0.4, -0.2) is 0 Å². The molecule has 0 aliphatic rings. The van der Waals surface area contributed by atoms with Crippen LogP contribution in [0.4, 0.5) is 11.4 Å². The molecule has 0 heterocycles. The van der Waals surface area contributed by atoms with Crippen molar-refractivity contribution in [3.63, 3.8) is 0 Å². The molecule has 3 aromatic carbocycles. The summed E-state index contributed by atoms with van der Waals surface area (Å²) in [5.74, 6) is 0. The highest BCUT2D eigenvalue weighted by Gasteiger charge is 2.04. The molecule has 0 aromatic heterocycles. The summed E-state index contributed by atoms with van der Waals surface area (Å²) in [6, 6.07) is 20.4. The minimum absolute atomic E-state index is 0.721. The molecule has 0 spiro atoms. The third-order valence-electron chi connectivity index (χ3n) is 3.40. The number of fused-ring (bicyclic) bond motifs is 1. The molecule has 0 atom stereocenters. The summed E-state index contributed by atoms with van der Waals surface area (Å²) >= 11 is 3.59. The van der Waals surface area contributed by atoms with Crippen LogP contribution in [0.2, 0.25) is 0 Å². The zero-order chi connectivity index (χ0) is 13.9.